The van der Waals surface area contributed by atoms with Gasteiger partial charge in [0, 0.05) is 23.4 Å². The average molecular weight is 456 g/mol. The summed E-state index contributed by atoms with van der Waals surface area (Å²) in [6.07, 6.45) is 1.64. The molecule has 1 aliphatic heterocycles. The van der Waals surface area contributed by atoms with Crippen LogP contribution in [-0.2, 0) is 6.54 Å². The first-order valence-corrected chi connectivity index (χ1v) is 11.2. The highest BCUT2D eigenvalue weighted by Gasteiger charge is 2.21. The summed E-state index contributed by atoms with van der Waals surface area (Å²) in [4.78, 5) is 27.1. The van der Waals surface area contributed by atoms with Gasteiger partial charge in [0.15, 0.2) is 17.3 Å². The third-order valence-corrected chi connectivity index (χ3v) is 6.29. The van der Waals surface area contributed by atoms with Crippen LogP contribution in [0.5, 0.6) is 17.2 Å². The van der Waals surface area contributed by atoms with Crippen molar-refractivity contribution in [2.75, 3.05) is 20.3 Å². The van der Waals surface area contributed by atoms with E-state index in [1.165, 1.54) is 0 Å². The van der Waals surface area contributed by atoms with Crippen LogP contribution in [0.1, 0.15) is 32.6 Å². The van der Waals surface area contributed by atoms with Gasteiger partial charge >= 0.3 is 0 Å². The molecule has 0 fully saturated rings. The maximum atomic E-state index is 13.6. The molecule has 34 heavy (non-hydrogen) atoms. The van der Waals surface area contributed by atoms with Gasteiger partial charge in [0.05, 0.1) is 30.1 Å². The van der Waals surface area contributed by atoms with Gasteiger partial charge in [-0.05, 0) is 43.2 Å². The normalized spacial score (nSPS) is 12.6. The monoisotopic (exact) mass is 455 g/mol. The summed E-state index contributed by atoms with van der Waals surface area (Å²) in [5, 5.41) is 0.411. The fourth-order valence-corrected chi connectivity index (χ4v) is 4.27. The van der Waals surface area contributed by atoms with Crippen molar-refractivity contribution in [2.24, 2.45) is 0 Å². The number of nitrogens with zero attached hydrogens (tertiary/aromatic N) is 1. The van der Waals surface area contributed by atoms with Gasteiger partial charge in [-0.25, -0.2) is 0 Å². The number of pyridine rings is 1. The number of para-hydroxylation sites is 1. The predicted molar refractivity (Wildman–Crippen MR) is 131 cm³/mol. The molecule has 0 atom stereocenters. The molecule has 0 unspecified atom stereocenters. The zero-order valence-electron chi connectivity index (χ0n) is 19.4. The first-order valence-electron chi connectivity index (χ1n) is 11.2. The molecular formula is C28H25NO5. The van der Waals surface area contributed by atoms with E-state index >= 15 is 0 Å². The largest absolute Gasteiger partial charge is 0.496 e. The lowest BCUT2D eigenvalue weighted by Crippen LogP contribution is -2.22. The minimum Gasteiger partial charge on any atom is -0.496 e. The number of aromatic nitrogens is 1. The molecule has 0 N–H and O–H groups in total. The third kappa shape index (κ3) is 3.81. The SMILES string of the molecule is COc1ccccc1Cn1cc(C(=O)c2ccc(C)c(C)c2)c(=O)c2cc3c(cc21)OCCO3. The second-order valence-electron chi connectivity index (χ2n) is 8.45. The van der Waals surface area contributed by atoms with Crippen LogP contribution in [0.3, 0.4) is 0 Å². The summed E-state index contributed by atoms with van der Waals surface area (Å²) < 4.78 is 18.9. The Morgan fingerprint density at radius 3 is 2.44 bits per heavy atom. The molecule has 0 amide bonds. The Morgan fingerprint density at radius 2 is 1.71 bits per heavy atom. The number of hydrogen-bond acceptors (Lipinski definition) is 5. The second kappa shape index (κ2) is 8.71. The van der Waals surface area contributed by atoms with Gasteiger partial charge in [-0.1, -0.05) is 30.3 Å². The van der Waals surface area contributed by atoms with Gasteiger partial charge in [-0.2, -0.15) is 0 Å². The van der Waals surface area contributed by atoms with Crippen LogP contribution < -0.4 is 19.6 Å². The van der Waals surface area contributed by atoms with Crippen LogP contribution in [0.15, 0.2) is 65.6 Å². The summed E-state index contributed by atoms with van der Waals surface area (Å²) in [6.45, 7) is 5.21. The molecule has 0 spiro atoms. The first-order chi connectivity index (χ1) is 16.5. The molecule has 0 saturated carbocycles. The van der Waals surface area contributed by atoms with Crippen LogP contribution in [0.25, 0.3) is 10.9 Å². The summed E-state index contributed by atoms with van der Waals surface area (Å²) in [5.74, 6) is 1.52. The fourth-order valence-electron chi connectivity index (χ4n) is 4.27. The molecule has 0 saturated heterocycles. The number of carbonyl (C=O) groups excluding carboxylic acids is 1. The fraction of sp³-hybridized carbons (Fsp3) is 0.214. The number of methoxy groups -OCH3 is 1. The van der Waals surface area contributed by atoms with Crippen LogP contribution in [-0.4, -0.2) is 30.7 Å². The first kappa shape index (κ1) is 21.8. The van der Waals surface area contributed by atoms with Crippen LogP contribution in [0.4, 0.5) is 0 Å². The van der Waals surface area contributed by atoms with Gasteiger partial charge in [0.25, 0.3) is 0 Å². The minimum atomic E-state index is -0.327. The van der Waals surface area contributed by atoms with Gasteiger partial charge in [-0.15, -0.1) is 0 Å². The molecule has 1 aliphatic rings. The van der Waals surface area contributed by atoms with E-state index < -0.39 is 0 Å². The Morgan fingerprint density at radius 1 is 0.971 bits per heavy atom. The van der Waals surface area contributed by atoms with Crippen molar-refractivity contribution in [2.45, 2.75) is 20.4 Å². The Kier molecular flexibility index (Phi) is 5.57. The average Bonchev–Trinajstić information content (AvgIpc) is 2.86. The molecule has 172 valence electrons. The van der Waals surface area contributed by atoms with Crippen LogP contribution in [0, 0.1) is 13.8 Å². The van der Waals surface area contributed by atoms with Gasteiger partial charge < -0.3 is 18.8 Å². The van der Waals surface area contributed by atoms with Gasteiger partial charge in [-0.3, -0.25) is 9.59 Å². The Labute approximate surface area is 197 Å². The lowest BCUT2D eigenvalue weighted by atomic mass is 9.98. The summed E-state index contributed by atoms with van der Waals surface area (Å²) >= 11 is 0. The maximum absolute atomic E-state index is 13.6. The number of ketones is 1. The topological polar surface area (TPSA) is 66.8 Å². The molecule has 6 nitrogen and oxygen atoms in total. The number of carbonyl (C=O) groups is 1. The van der Waals surface area contributed by atoms with E-state index in [0.29, 0.717) is 47.7 Å². The van der Waals surface area contributed by atoms with Crippen molar-refractivity contribution in [3.8, 4) is 17.2 Å². The van der Waals surface area contributed by atoms with Crippen LogP contribution >= 0.6 is 0 Å². The molecule has 1 aromatic heterocycles. The van der Waals surface area contributed by atoms with E-state index in [9.17, 15) is 9.59 Å². The highest BCUT2D eigenvalue weighted by molar-refractivity contribution is 6.10. The van der Waals surface area contributed by atoms with Crippen molar-refractivity contribution in [1.82, 2.24) is 4.57 Å². The van der Waals surface area contributed by atoms with E-state index in [0.717, 1.165) is 22.4 Å². The number of aryl methyl sites for hydroxylation is 2. The quantitative estimate of drug-likeness (QED) is 0.409. The Bertz CT molecular complexity index is 1480. The van der Waals surface area contributed by atoms with E-state index in [1.807, 2.05) is 60.9 Å². The van der Waals surface area contributed by atoms with Crippen molar-refractivity contribution in [3.05, 3.63) is 98.8 Å². The highest BCUT2D eigenvalue weighted by atomic mass is 16.6. The summed E-state index contributed by atoms with van der Waals surface area (Å²) in [7, 11) is 1.62. The van der Waals surface area contributed by atoms with Gasteiger partial charge in [0.1, 0.15) is 19.0 Å². The number of rotatable bonds is 5. The number of hydrogen-bond donors (Lipinski definition) is 0. The number of ether oxygens (including phenoxy) is 3. The zero-order valence-corrected chi connectivity index (χ0v) is 19.4. The Hall–Kier alpha value is -4.06. The van der Waals surface area contributed by atoms with Gasteiger partial charge in [0.2, 0.25) is 5.43 Å². The molecular weight excluding hydrogens is 430 g/mol. The minimum absolute atomic E-state index is 0.113. The lowest BCUT2D eigenvalue weighted by molar-refractivity contribution is 0.103. The molecule has 3 aromatic carbocycles. The molecule has 6 heteroatoms. The number of benzene rings is 3. The highest BCUT2D eigenvalue weighted by Crippen LogP contribution is 2.34. The maximum Gasteiger partial charge on any atom is 0.200 e. The third-order valence-electron chi connectivity index (χ3n) is 6.29. The predicted octanol–water partition coefficient (Wildman–Crippen LogP) is 4.68. The van der Waals surface area contributed by atoms with Crippen LogP contribution in [0.2, 0.25) is 0 Å². The summed E-state index contributed by atoms with van der Waals surface area (Å²) in [5.41, 5.74) is 3.95. The molecule has 0 radical (unpaired) electrons. The van der Waals surface area contributed by atoms with E-state index in [-0.39, 0.29) is 16.8 Å². The van der Waals surface area contributed by atoms with Crippen molar-refractivity contribution >= 4 is 16.7 Å². The molecule has 0 aliphatic carbocycles. The molecule has 0 bridgehead atoms. The zero-order chi connectivity index (χ0) is 23.8. The van der Waals surface area contributed by atoms with Crippen molar-refractivity contribution in [3.63, 3.8) is 0 Å². The van der Waals surface area contributed by atoms with E-state index in [4.69, 9.17) is 14.2 Å². The molecule has 2 heterocycles. The van der Waals surface area contributed by atoms with E-state index in [2.05, 4.69) is 0 Å². The lowest BCUT2D eigenvalue weighted by Gasteiger charge is -2.21. The van der Waals surface area contributed by atoms with Crippen molar-refractivity contribution in [1.29, 1.82) is 0 Å². The van der Waals surface area contributed by atoms with Crippen molar-refractivity contribution < 1.29 is 19.0 Å². The molecule has 4 aromatic rings. The standard InChI is InChI=1S/C28H25NO5/c1-17-8-9-19(12-18(17)2)27(30)22-16-29(15-20-6-4-5-7-24(20)32-3)23-14-26-25(33-10-11-34-26)13-21(23)28(22)31/h4-9,12-14,16H,10-11,15H2,1-3H3. The summed E-state index contributed by atoms with van der Waals surface area (Å²) in [6, 6.07) is 16.7. The number of fused-ring (bicyclic) bond motifs is 2. The van der Waals surface area contributed by atoms with E-state index in [1.54, 1.807) is 25.4 Å². The molecule has 5 rings (SSSR count). The Balaban J connectivity index is 1.73. The smallest absolute Gasteiger partial charge is 0.200 e. The second-order valence-corrected chi connectivity index (χ2v) is 8.45.